The summed E-state index contributed by atoms with van der Waals surface area (Å²) in [5.41, 5.74) is 0. The van der Waals surface area contributed by atoms with Crippen molar-refractivity contribution in [2.45, 2.75) is 4.33 Å². The van der Waals surface area contributed by atoms with Crippen LogP contribution in [0.3, 0.4) is 0 Å². The van der Waals surface area contributed by atoms with Crippen molar-refractivity contribution >= 4 is 26.3 Å². The number of carboxylic acids is 1. The van der Waals surface area contributed by atoms with E-state index in [0.717, 1.165) is 0 Å². The monoisotopic (exact) mass is 306 g/mol. The molecule has 0 aliphatic rings. The van der Waals surface area contributed by atoms with Gasteiger partial charge in [-0.25, -0.2) is 13.2 Å². The van der Waals surface area contributed by atoms with E-state index in [4.69, 9.17) is 5.11 Å². The average Bonchev–Trinajstić information content (AvgIpc) is 1.76. The minimum absolute atomic E-state index is 0. The van der Waals surface area contributed by atoms with Crippen molar-refractivity contribution in [2.24, 2.45) is 0 Å². The number of carboxylic acid groups (broad SMARTS) is 1. The van der Waals surface area contributed by atoms with Crippen molar-refractivity contribution in [1.82, 2.24) is 0 Å². The van der Waals surface area contributed by atoms with E-state index < -0.39 is 30.6 Å². The predicted octanol–water partition coefficient (Wildman–Crippen LogP) is -1.46. The first-order valence-corrected chi connectivity index (χ1v) is 5.91. The van der Waals surface area contributed by atoms with Gasteiger partial charge in [-0.05, 0) is 0 Å². The molecule has 0 amide bonds. The van der Waals surface area contributed by atoms with Gasteiger partial charge in [-0.15, -0.1) is 0 Å². The SMILES string of the molecule is O=C(O)C(F)(S(=O)(=O)[O-])S(F)(F)(F)(F)F.[Na+]. The number of halogens is 6. The number of hydrogen-bond donors (Lipinski definition) is 1. The van der Waals surface area contributed by atoms with Gasteiger partial charge in [0, 0.05) is 0 Å². The molecule has 0 radical (unpaired) electrons. The van der Waals surface area contributed by atoms with Crippen LogP contribution in [-0.4, -0.2) is 28.4 Å². The van der Waals surface area contributed by atoms with Crippen molar-refractivity contribution in [1.29, 1.82) is 0 Å². The zero-order valence-corrected chi connectivity index (χ0v) is 10.8. The Kier molecular flexibility index (Phi) is 3.98. The van der Waals surface area contributed by atoms with E-state index in [2.05, 4.69) is 0 Å². The van der Waals surface area contributed by atoms with Gasteiger partial charge in [-0.1, -0.05) is 19.4 Å². The number of hydrogen-bond acceptors (Lipinski definition) is 4. The van der Waals surface area contributed by atoms with Gasteiger partial charge in [0.2, 0.25) is 0 Å². The molecule has 0 aliphatic carbocycles. The molecule has 1 atom stereocenters. The maximum Gasteiger partial charge on any atom is 1.00 e. The van der Waals surface area contributed by atoms with Crippen LogP contribution in [0.25, 0.3) is 0 Å². The van der Waals surface area contributed by atoms with E-state index >= 15 is 0 Å². The minimum Gasteiger partial charge on any atom is -0.744 e. The summed E-state index contributed by atoms with van der Waals surface area (Å²) in [6.45, 7) is 0. The molecule has 1 unspecified atom stereocenters. The van der Waals surface area contributed by atoms with Gasteiger partial charge in [0.1, 0.15) is 0 Å². The van der Waals surface area contributed by atoms with Crippen molar-refractivity contribution in [2.75, 3.05) is 0 Å². The van der Waals surface area contributed by atoms with Gasteiger partial charge < -0.3 is 9.66 Å². The molecular formula is C2HF6NaO5S2. The molecule has 0 rings (SSSR count). The van der Waals surface area contributed by atoms with Crippen LogP contribution >= 0.6 is 10.2 Å². The normalized spacial score (nSPS) is 20.9. The third-order valence-corrected chi connectivity index (χ3v) is 4.62. The number of alkyl halides is 1. The maximum absolute atomic E-state index is 12.4. The molecule has 5 nitrogen and oxygen atoms in total. The van der Waals surface area contributed by atoms with Crippen molar-refractivity contribution in [3.8, 4) is 0 Å². The molecule has 94 valence electrons. The third-order valence-electron chi connectivity index (χ3n) is 1.07. The summed E-state index contributed by atoms with van der Waals surface area (Å²) < 4.78 is 92.6. The quantitative estimate of drug-likeness (QED) is 0.391. The first-order valence-electron chi connectivity index (χ1n) is 2.55. The molecule has 0 saturated carbocycles. The fourth-order valence-corrected chi connectivity index (χ4v) is 2.55. The first kappa shape index (κ1) is 18.7. The van der Waals surface area contributed by atoms with Crippen LogP contribution in [0.15, 0.2) is 0 Å². The van der Waals surface area contributed by atoms with Crippen LogP contribution < -0.4 is 29.6 Å². The zero-order chi connectivity index (χ0) is 13.0. The first-order chi connectivity index (χ1) is 5.94. The zero-order valence-electron chi connectivity index (χ0n) is 7.16. The Morgan fingerprint density at radius 3 is 1.44 bits per heavy atom. The Hall–Kier alpha value is 0.310. The van der Waals surface area contributed by atoms with Gasteiger partial charge in [-0.3, -0.25) is 0 Å². The smallest absolute Gasteiger partial charge is 0.744 e. The summed E-state index contributed by atoms with van der Waals surface area (Å²) in [6.07, 6.45) is 0. The molecule has 0 heterocycles. The molecule has 1 N–H and O–H groups in total. The number of rotatable bonds is 3. The van der Waals surface area contributed by atoms with E-state index in [-0.39, 0.29) is 29.6 Å². The molecule has 0 aliphatic heterocycles. The molecule has 0 fully saturated rings. The molecule has 0 bridgehead atoms. The second kappa shape index (κ2) is 3.41. The third kappa shape index (κ3) is 2.76. The minimum atomic E-state index is -11.7. The average molecular weight is 306 g/mol. The maximum atomic E-state index is 12.4. The molecular weight excluding hydrogens is 305 g/mol. The Morgan fingerprint density at radius 2 is 1.44 bits per heavy atom. The molecule has 16 heavy (non-hydrogen) atoms. The van der Waals surface area contributed by atoms with Crippen LogP contribution in [0.2, 0.25) is 0 Å². The molecule has 14 heteroatoms. The summed E-state index contributed by atoms with van der Waals surface area (Å²) in [4.78, 5) is 9.60. The van der Waals surface area contributed by atoms with E-state index in [9.17, 15) is 41.6 Å². The van der Waals surface area contributed by atoms with Crippen LogP contribution in [0, 0.1) is 0 Å². The molecule has 0 saturated heterocycles. The summed E-state index contributed by atoms with van der Waals surface area (Å²) in [7, 11) is -19.2. The van der Waals surface area contributed by atoms with E-state index in [1.165, 1.54) is 0 Å². The Bertz CT molecular complexity index is 411. The molecule has 0 aromatic rings. The second-order valence-electron chi connectivity index (χ2n) is 2.26. The molecule has 0 aromatic heterocycles. The van der Waals surface area contributed by atoms with Gasteiger partial charge in [0.05, 0.1) is 0 Å². The number of carbonyl (C=O) groups is 1. The predicted molar refractivity (Wildman–Crippen MR) is 34.3 cm³/mol. The van der Waals surface area contributed by atoms with Crippen molar-refractivity contribution in [3.63, 3.8) is 0 Å². The van der Waals surface area contributed by atoms with Crippen molar-refractivity contribution in [3.05, 3.63) is 0 Å². The van der Waals surface area contributed by atoms with E-state index in [1.807, 2.05) is 0 Å². The Balaban J connectivity index is 0. The van der Waals surface area contributed by atoms with Crippen LogP contribution in [0.5, 0.6) is 0 Å². The van der Waals surface area contributed by atoms with Crippen LogP contribution in [0.4, 0.5) is 23.8 Å². The van der Waals surface area contributed by atoms with E-state index in [1.54, 1.807) is 0 Å². The summed E-state index contributed by atoms with van der Waals surface area (Å²) in [5.74, 6) is -4.13. The Labute approximate surface area is 107 Å². The molecule has 0 aromatic carbocycles. The van der Waals surface area contributed by atoms with E-state index in [0.29, 0.717) is 0 Å². The summed E-state index contributed by atoms with van der Waals surface area (Å²) >= 11 is 0. The van der Waals surface area contributed by atoms with Crippen LogP contribution in [-0.2, 0) is 14.9 Å². The van der Waals surface area contributed by atoms with Gasteiger partial charge >= 0.3 is 50.1 Å². The van der Waals surface area contributed by atoms with Gasteiger partial charge in [0.15, 0.2) is 10.1 Å². The van der Waals surface area contributed by atoms with Crippen LogP contribution in [0.1, 0.15) is 0 Å². The van der Waals surface area contributed by atoms with Gasteiger partial charge in [0.25, 0.3) is 0 Å². The van der Waals surface area contributed by atoms with Crippen molar-refractivity contribution < 1.29 is 76.2 Å². The topological polar surface area (TPSA) is 94.5 Å². The fraction of sp³-hybridized carbons (Fsp3) is 0.500. The summed E-state index contributed by atoms with van der Waals surface area (Å²) in [5, 5.41) is 7.51. The Morgan fingerprint density at radius 1 is 1.19 bits per heavy atom. The van der Waals surface area contributed by atoms with Gasteiger partial charge in [-0.2, -0.15) is 4.39 Å². The standard InChI is InChI=1S/C2H2F6O5S2.Na/c3-2(1(9)10,14(11,12)13)15(4,5,6,7)8;/h(H,9,10)(H,11,12,13);/q;+1/p-1. The largest absolute Gasteiger partial charge is 1.00 e. The molecule has 0 spiro atoms. The summed E-state index contributed by atoms with van der Waals surface area (Å²) in [6, 6.07) is 0. The second-order valence-corrected chi connectivity index (χ2v) is 6.49. The number of aliphatic carboxylic acids is 1. The fourth-order valence-electron chi connectivity index (χ4n) is 0.465.